The van der Waals surface area contributed by atoms with Gasteiger partial charge in [-0.3, -0.25) is 14.3 Å². The monoisotopic (exact) mass is 719 g/mol. The van der Waals surface area contributed by atoms with Crippen LogP contribution in [0, 0.1) is 11.6 Å². The number of hydrogen-bond donors (Lipinski definition) is 0. The van der Waals surface area contributed by atoms with Gasteiger partial charge in [-0.1, -0.05) is 12.6 Å². The topological polar surface area (TPSA) is 71.3 Å². The Balaban J connectivity index is 1.66. The lowest BCUT2D eigenvalue weighted by Gasteiger charge is -2.44. The lowest BCUT2D eigenvalue weighted by Crippen LogP contribution is -2.58. The molecule has 46 heavy (non-hydrogen) atoms. The number of nitrogens with zero attached hydrogens (tertiary/aromatic N) is 5. The van der Waals surface area contributed by atoms with Gasteiger partial charge >= 0.3 is 11.9 Å². The molecule has 4 heterocycles. The van der Waals surface area contributed by atoms with E-state index in [4.69, 9.17) is 0 Å². The van der Waals surface area contributed by atoms with Gasteiger partial charge in [0, 0.05) is 82.8 Å². The van der Waals surface area contributed by atoms with Crippen LogP contribution in [0.3, 0.4) is 0 Å². The molecule has 0 saturated carbocycles. The van der Waals surface area contributed by atoms with Gasteiger partial charge in [0.15, 0.2) is 0 Å². The molecule has 1 saturated heterocycles. The van der Waals surface area contributed by atoms with Gasteiger partial charge in [0.25, 0.3) is 0 Å². The summed E-state index contributed by atoms with van der Waals surface area (Å²) in [6.45, 7) is 7.61. The van der Waals surface area contributed by atoms with Crippen molar-refractivity contribution >= 4 is 50.3 Å². The Morgan fingerprint density at radius 3 is 2.43 bits per heavy atom. The second kappa shape index (κ2) is 12.1. The van der Waals surface area contributed by atoms with Crippen LogP contribution in [0.25, 0.3) is 22.0 Å². The predicted octanol–water partition coefficient (Wildman–Crippen LogP) is 7.02. The zero-order chi connectivity index (χ0) is 33.1. The molecule has 0 spiro atoms. The molecular weight excluding hydrogens is 693 g/mol. The van der Waals surface area contributed by atoms with Crippen molar-refractivity contribution in [3.63, 3.8) is 0 Å². The van der Waals surface area contributed by atoms with Gasteiger partial charge in [0.05, 0.1) is 15.6 Å². The SMILES string of the molecule is C=CC(=O)N1[C@H](C)CN(c2nc(=O)n3c4c(c(-c5cc(Br)c(F)cc5F)c(C(F)(F)F)cc24)SC[C@@H](c2ccccn2)C3)C[C@@H]1C. The van der Waals surface area contributed by atoms with Gasteiger partial charge < -0.3 is 9.80 Å². The maximum atomic E-state index is 15.5. The van der Waals surface area contributed by atoms with E-state index in [1.54, 1.807) is 48.0 Å². The second-order valence-corrected chi connectivity index (χ2v) is 13.3. The highest BCUT2D eigenvalue weighted by Crippen LogP contribution is 2.50. The zero-order valence-corrected chi connectivity index (χ0v) is 27.0. The van der Waals surface area contributed by atoms with Crippen molar-refractivity contribution in [3.8, 4) is 11.1 Å². The lowest BCUT2D eigenvalue weighted by molar-refractivity contribution is -0.137. The van der Waals surface area contributed by atoms with Gasteiger partial charge in [-0.05, 0) is 60.1 Å². The maximum absolute atomic E-state index is 15.5. The quantitative estimate of drug-likeness (QED) is 0.128. The highest BCUT2D eigenvalue weighted by Gasteiger charge is 2.40. The third kappa shape index (κ3) is 5.59. The van der Waals surface area contributed by atoms with Crippen molar-refractivity contribution in [2.24, 2.45) is 0 Å². The zero-order valence-electron chi connectivity index (χ0n) is 24.6. The molecule has 2 aliphatic heterocycles. The summed E-state index contributed by atoms with van der Waals surface area (Å²) in [5.41, 5.74) is -1.98. The van der Waals surface area contributed by atoms with Crippen LogP contribution in [-0.2, 0) is 17.5 Å². The summed E-state index contributed by atoms with van der Waals surface area (Å²) < 4.78 is 75.9. The molecule has 7 nitrogen and oxygen atoms in total. The lowest BCUT2D eigenvalue weighted by atomic mass is 9.95. The van der Waals surface area contributed by atoms with E-state index in [-0.39, 0.29) is 69.5 Å². The molecule has 6 rings (SSSR count). The highest BCUT2D eigenvalue weighted by atomic mass is 79.9. The van der Waals surface area contributed by atoms with Crippen molar-refractivity contribution in [3.05, 3.63) is 93.1 Å². The van der Waals surface area contributed by atoms with Crippen LogP contribution in [0.4, 0.5) is 27.8 Å². The smallest absolute Gasteiger partial charge is 0.352 e. The van der Waals surface area contributed by atoms with Crippen LogP contribution < -0.4 is 10.6 Å². The Morgan fingerprint density at radius 2 is 1.80 bits per heavy atom. The fraction of sp³-hybridized carbons (Fsp3) is 0.312. The third-order valence-electron chi connectivity index (χ3n) is 8.37. The summed E-state index contributed by atoms with van der Waals surface area (Å²) in [7, 11) is 0. The normalized spacial score (nSPS) is 20.1. The number of anilines is 1. The maximum Gasteiger partial charge on any atom is 0.417 e. The number of piperazine rings is 1. The van der Waals surface area contributed by atoms with Crippen LogP contribution in [-0.4, -0.2) is 56.3 Å². The first-order valence-corrected chi connectivity index (χ1v) is 16.1. The molecule has 3 atom stereocenters. The minimum atomic E-state index is -4.96. The predicted molar refractivity (Wildman–Crippen MR) is 170 cm³/mol. The Bertz CT molecular complexity index is 1930. The summed E-state index contributed by atoms with van der Waals surface area (Å²) in [5, 5.41) is 0.0596. The van der Waals surface area contributed by atoms with E-state index in [1.165, 1.54) is 10.6 Å². The van der Waals surface area contributed by atoms with E-state index in [9.17, 15) is 14.0 Å². The van der Waals surface area contributed by atoms with E-state index in [0.29, 0.717) is 11.8 Å². The number of halogens is 6. The second-order valence-electron chi connectivity index (χ2n) is 11.4. The third-order valence-corrected chi connectivity index (χ3v) is 10.2. The standard InChI is InChI=1S/C32H27BrF5N5O2S/c1-4-26(44)43-16(2)12-41(13-17(43)3)30-20-9-21(32(36,37)38)27(19-10-22(33)24(35)11-23(19)34)29-28(20)42(31(45)40-30)14-18(15-46-29)25-7-5-6-8-39-25/h4-11,16-18H,1,12-15H2,2-3H3/t16-,17+,18-/m0/s1. The number of benzene rings is 2. The Morgan fingerprint density at radius 1 is 1.09 bits per heavy atom. The summed E-state index contributed by atoms with van der Waals surface area (Å²) in [4.78, 5) is 38.6. The number of carbonyl (C=O) groups excluding carboxylic acids is 1. The van der Waals surface area contributed by atoms with Gasteiger partial charge in [-0.2, -0.15) is 18.2 Å². The first-order chi connectivity index (χ1) is 21.8. The fourth-order valence-electron chi connectivity index (χ4n) is 6.44. The molecular formula is C32H27BrF5N5O2S. The number of hydrogen-bond acceptors (Lipinski definition) is 6. The van der Waals surface area contributed by atoms with E-state index in [0.717, 1.165) is 23.9 Å². The van der Waals surface area contributed by atoms with Crippen LogP contribution in [0.15, 0.2) is 69.4 Å². The first-order valence-electron chi connectivity index (χ1n) is 14.4. The van der Waals surface area contributed by atoms with Crippen LogP contribution in [0.5, 0.6) is 0 Å². The number of rotatable bonds is 4. The Labute approximate surface area is 273 Å². The number of aromatic nitrogens is 3. The van der Waals surface area contributed by atoms with Crippen molar-refractivity contribution in [2.75, 3.05) is 23.7 Å². The van der Waals surface area contributed by atoms with Gasteiger partial charge in [-0.25, -0.2) is 13.6 Å². The van der Waals surface area contributed by atoms with E-state index in [2.05, 4.69) is 32.5 Å². The number of alkyl halides is 3. The fourth-order valence-corrected chi connectivity index (χ4v) is 8.15. The highest BCUT2D eigenvalue weighted by molar-refractivity contribution is 9.10. The molecule has 14 heteroatoms. The molecule has 2 aromatic heterocycles. The minimum absolute atomic E-state index is 0.0305. The first kappa shape index (κ1) is 32.2. The molecule has 0 aliphatic carbocycles. The van der Waals surface area contributed by atoms with Crippen molar-refractivity contribution < 1.29 is 26.7 Å². The minimum Gasteiger partial charge on any atom is -0.352 e. The van der Waals surface area contributed by atoms with Gasteiger partial charge in [0.1, 0.15) is 17.5 Å². The summed E-state index contributed by atoms with van der Waals surface area (Å²) in [5.74, 6) is -2.57. The largest absolute Gasteiger partial charge is 0.417 e. The molecule has 0 bridgehead atoms. The molecule has 240 valence electrons. The average Bonchev–Trinajstić information content (AvgIpc) is 3.21. The van der Waals surface area contributed by atoms with E-state index >= 15 is 17.6 Å². The molecule has 2 aromatic carbocycles. The van der Waals surface area contributed by atoms with E-state index < -0.39 is 46.1 Å². The summed E-state index contributed by atoms with van der Waals surface area (Å²) >= 11 is 4.06. The van der Waals surface area contributed by atoms with Gasteiger partial charge in [0.2, 0.25) is 5.91 Å². The van der Waals surface area contributed by atoms with E-state index in [1.807, 2.05) is 0 Å². The van der Waals surface area contributed by atoms with Crippen molar-refractivity contribution in [2.45, 2.75) is 49.5 Å². The van der Waals surface area contributed by atoms with Crippen molar-refractivity contribution in [1.29, 1.82) is 0 Å². The number of pyridine rings is 1. The van der Waals surface area contributed by atoms with Crippen LogP contribution in [0.2, 0.25) is 0 Å². The molecule has 1 amide bonds. The van der Waals surface area contributed by atoms with Crippen LogP contribution in [0.1, 0.15) is 31.0 Å². The van der Waals surface area contributed by atoms with Gasteiger partial charge in [-0.15, -0.1) is 11.8 Å². The number of amides is 1. The average molecular weight is 721 g/mol. The van der Waals surface area contributed by atoms with Crippen molar-refractivity contribution in [1.82, 2.24) is 19.4 Å². The number of thioether (sulfide) groups is 1. The molecule has 1 fully saturated rings. The molecule has 0 N–H and O–H groups in total. The summed E-state index contributed by atoms with van der Waals surface area (Å²) in [6.07, 6.45) is -2.16. The summed E-state index contributed by atoms with van der Waals surface area (Å²) in [6, 6.07) is 6.96. The van der Waals surface area contributed by atoms with Crippen LogP contribution >= 0.6 is 27.7 Å². The molecule has 0 unspecified atom stereocenters. The number of carbonyl (C=O) groups is 1. The molecule has 0 radical (unpaired) electrons. The Kier molecular flexibility index (Phi) is 8.47. The molecule has 4 aromatic rings. The Hall–Kier alpha value is -3.78. The molecule has 2 aliphatic rings.